The molecule has 0 spiro atoms. The highest BCUT2D eigenvalue weighted by molar-refractivity contribution is 6.34. The molecular weight excluding hydrogens is 380 g/mol. The summed E-state index contributed by atoms with van der Waals surface area (Å²) >= 11 is 6.22. The first-order chi connectivity index (χ1) is 13.5. The Balaban J connectivity index is 1.68. The van der Waals surface area contributed by atoms with Gasteiger partial charge in [-0.05, 0) is 36.4 Å². The number of hydrogen-bond donors (Lipinski definition) is 2. The molecule has 4 rings (SSSR count). The number of benzene rings is 3. The first kappa shape index (κ1) is 17.7. The molecule has 7 nitrogen and oxygen atoms in total. The topological polar surface area (TPSA) is 101 Å². The van der Waals surface area contributed by atoms with Crippen molar-refractivity contribution < 1.29 is 9.72 Å². The van der Waals surface area contributed by atoms with Gasteiger partial charge in [-0.15, -0.1) is 0 Å². The number of para-hydroxylation sites is 3. The van der Waals surface area contributed by atoms with Crippen LogP contribution in [0.3, 0.4) is 0 Å². The zero-order chi connectivity index (χ0) is 19.7. The van der Waals surface area contributed by atoms with Crippen LogP contribution in [0.5, 0.6) is 0 Å². The van der Waals surface area contributed by atoms with Crippen molar-refractivity contribution in [3.63, 3.8) is 0 Å². The van der Waals surface area contributed by atoms with E-state index >= 15 is 0 Å². The summed E-state index contributed by atoms with van der Waals surface area (Å²) in [7, 11) is 0. The van der Waals surface area contributed by atoms with Crippen LogP contribution in [-0.4, -0.2) is 20.8 Å². The molecule has 1 heterocycles. The largest absolute Gasteiger partial charge is 0.338 e. The summed E-state index contributed by atoms with van der Waals surface area (Å²) in [6.45, 7) is 0. The number of H-pyrrole nitrogens is 1. The van der Waals surface area contributed by atoms with E-state index in [9.17, 15) is 14.9 Å². The molecule has 0 aliphatic heterocycles. The number of nitro groups is 1. The van der Waals surface area contributed by atoms with E-state index in [4.69, 9.17) is 11.6 Å². The van der Waals surface area contributed by atoms with Crippen LogP contribution in [0.4, 0.5) is 11.4 Å². The normalized spacial score (nSPS) is 10.8. The standard InChI is InChI=1S/C20H13ClN4O3/c21-14-10-9-12(19-22-15-6-2-3-7-16(15)23-19)11-17(14)24-20(26)13-5-1-4-8-18(13)25(27)28/h1-11H,(H,22,23)(H,24,26). The van der Waals surface area contributed by atoms with Crippen LogP contribution in [0, 0.1) is 10.1 Å². The fraction of sp³-hybridized carbons (Fsp3) is 0. The molecule has 0 saturated carbocycles. The zero-order valence-corrected chi connectivity index (χ0v) is 15.1. The molecule has 0 radical (unpaired) electrons. The molecule has 2 N–H and O–H groups in total. The highest BCUT2D eigenvalue weighted by Gasteiger charge is 2.20. The van der Waals surface area contributed by atoms with Gasteiger partial charge in [-0.1, -0.05) is 35.9 Å². The molecule has 0 saturated heterocycles. The molecule has 8 heteroatoms. The third-order valence-electron chi connectivity index (χ3n) is 4.22. The van der Waals surface area contributed by atoms with Gasteiger partial charge in [0.2, 0.25) is 0 Å². The number of imidazole rings is 1. The molecule has 0 aliphatic rings. The van der Waals surface area contributed by atoms with Gasteiger partial charge >= 0.3 is 0 Å². The van der Waals surface area contributed by atoms with Crippen LogP contribution in [0.15, 0.2) is 66.7 Å². The summed E-state index contributed by atoms with van der Waals surface area (Å²) in [6.07, 6.45) is 0. The van der Waals surface area contributed by atoms with Crippen molar-refractivity contribution in [3.05, 3.63) is 87.4 Å². The van der Waals surface area contributed by atoms with Crippen LogP contribution in [-0.2, 0) is 0 Å². The number of carbonyl (C=O) groups is 1. The molecule has 138 valence electrons. The van der Waals surface area contributed by atoms with Gasteiger partial charge in [0.25, 0.3) is 11.6 Å². The number of aromatic amines is 1. The number of halogens is 1. The van der Waals surface area contributed by atoms with Crippen molar-refractivity contribution in [1.82, 2.24) is 9.97 Å². The molecule has 0 aliphatic carbocycles. The molecule has 4 aromatic rings. The van der Waals surface area contributed by atoms with E-state index in [2.05, 4.69) is 15.3 Å². The van der Waals surface area contributed by atoms with Gasteiger partial charge < -0.3 is 10.3 Å². The average molecular weight is 393 g/mol. The Kier molecular flexibility index (Phi) is 4.50. The van der Waals surface area contributed by atoms with E-state index in [-0.39, 0.29) is 11.3 Å². The number of anilines is 1. The maximum atomic E-state index is 12.6. The first-order valence-electron chi connectivity index (χ1n) is 8.32. The summed E-state index contributed by atoms with van der Waals surface area (Å²) in [4.78, 5) is 30.9. The van der Waals surface area contributed by atoms with Crippen molar-refractivity contribution in [2.24, 2.45) is 0 Å². The van der Waals surface area contributed by atoms with E-state index in [0.717, 1.165) is 16.6 Å². The molecule has 0 bridgehead atoms. The number of fused-ring (bicyclic) bond motifs is 1. The van der Waals surface area contributed by atoms with Gasteiger partial charge in [-0.3, -0.25) is 14.9 Å². The molecule has 0 fully saturated rings. The Labute approximate surface area is 164 Å². The second-order valence-corrected chi connectivity index (χ2v) is 6.43. The smallest absolute Gasteiger partial charge is 0.282 e. The van der Waals surface area contributed by atoms with Crippen LogP contribution in [0.2, 0.25) is 5.02 Å². The maximum absolute atomic E-state index is 12.6. The van der Waals surface area contributed by atoms with E-state index < -0.39 is 10.8 Å². The van der Waals surface area contributed by atoms with Gasteiger partial charge in [0.1, 0.15) is 11.4 Å². The van der Waals surface area contributed by atoms with Crippen LogP contribution in [0.25, 0.3) is 22.4 Å². The lowest BCUT2D eigenvalue weighted by atomic mass is 10.1. The molecule has 3 aromatic carbocycles. The van der Waals surface area contributed by atoms with Gasteiger partial charge in [0, 0.05) is 11.6 Å². The van der Waals surface area contributed by atoms with Crippen molar-refractivity contribution in [3.8, 4) is 11.4 Å². The zero-order valence-electron chi connectivity index (χ0n) is 14.3. The Hall–Kier alpha value is -3.71. The summed E-state index contributed by atoms with van der Waals surface area (Å²) in [5, 5.41) is 14.1. The number of aromatic nitrogens is 2. The second-order valence-electron chi connectivity index (χ2n) is 6.03. The number of nitrogens with zero attached hydrogens (tertiary/aromatic N) is 2. The third kappa shape index (κ3) is 3.30. The minimum absolute atomic E-state index is 0.0438. The first-order valence-corrected chi connectivity index (χ1v) is 8.70. The van der Waals surface area contributed by atoms with E-state index in [0.29, 0.717) is 16.5 Å². The SMILES string of the molecule is O=C(Nc1cc(-c2nc3ccccc3[nH]2)ccc1Cl)c1ccccc1[N+](=O)[O-]. The lowest BCUT2D eigenvalue weighted by Gasteiger charge is -2.09. The summed E-state index contributed by atoms with van der Waals surface area (Å²) < 4.78 is 0. The second kappa shape index (κ2) is 7.13. The summed E-state index contributed by atoms with van der Waals surface area (Å²) in [6, 6.07) is 18.4. The quantitative estimate of drug-likeness (QED) is 0.375. The molecular formula is C20H13ClN4O3. The molecule has 0 atom stereocenters. The molecule has 28 heavy (non-hydrogen) atoms. The number of carbonyl (C=O) groups excluding carboxylic acids is 1. The predicted octanol–water partition coefficient (Wildman–Crippen LogP) is 5.04. The van der Waals surface area contributed by atoms with Crippen LogP contribution < -0.4 is 5.32 Å². The number of hydrogen-bond acceptors (Lipinski definition) is 4. The van der Waals surface area contributed by atoms with Crippen LogP contribution >= 0.6 is 11.6 Å². The Bertz CT molecular complexity index is 1190. The average Bonchev–Trinajstić information content (AvgIpc) is 3.13. The Morgan fingerprint density at radius 3 is 2.61 bits per heavy atom. The lowest BCUT2D eigenvalue weighted by Crippen LogP contribution is -2.14. The van der Waals surface area contributed by atoms with Gasteiger partial charge in [-0.25, -0.2) is 4.98 Å². The van der Waals surface area contributed by atoms with Crippen molar-refractivity contribution >= 4 is 39.9 Å². The van der Waals surface area contributed by atoms with Gasteiger partial charge in [-0.2, -0.15) is 0 Å². The minimum atomic E-state index is -0.615. The number of nitrogens with one attached hydrogen (secondary N) is 2. The number of rotatable bonds is 4. The van der Waals surface area contributed by atoms with E-state index in [1.807, 2.05) is 24.3 Å². The predicted molar refractivity (Wildman–Crippen MR) is 108 cm³/mol. The van der Waals surface area contributed by atoms with E-state index in [1.165, 1.54) is 18.2 Å². The lowest BCUT2D eigenvalue weighted by molar-refractivity contribution is -0.385. The van der Waals surface area contributed by atoms with Crippen molar-refractivity contribution in [1.29, 1.82) is 0 Å². The fourth-order valence-corrected chi connectivity index (χ4v) is 3.04. The number of amides is 1. The maximum Gasteiger partial charge on any atom is 0.282 e. The van der Waals surface area contributed by atoms with E-state index in [1.54, 1.807) is 24.3 Å². The highest BCUT2D eigenvalue weighted by Crippen LogP contribution is 2.30. The Morgan fingerprint density at radius 1 is 1.07 bits per heavy atom. The molecule has 0 unspecified atom stereocenters. The molecule has 1 amide bonds. The monoisotopic (exact) mass is 392 g/mol. The summed E-state index contributed by atoms with van der Waals surface area (Å²) in [5.74, 6) is 0.00927. The van der Waals surface area contributed by atoms with Gasteiger partial charge in [0.05, 0.1) is 26.7 Å². The fourth-order valence-electron chi connectivity index (χ4n) is 2.87. The highest BCUT2D eigenvalue weighted by atomic mass is 35.5. The Morgan fingerprint density at radius 2 is 1.82 bits per heavy atom. The number of nitro benzene ring substituents is 1. The van der Waals surface area contributed by atoms with Crippen molar-refractivity contribution in [2.45, 2.75) is 0 Å². The molecule has 1 aromatic heterocycles. The van der Waals surface area contributed by atoms with Gasteiger partial charge in [0.15, 0.2) is 0 Å². The van der Waals surface area contributed by atoms with Crippen LogP contribution in [0.1, 0.15) is 10.4 Å². The summed E-state index contributed by atoms with van der Waals surface area (Å²) in [5.41, 5.74) is 2.44. The third-order valence-corrected chi connectivity index (χ3v) is 4.55. The van der Waals surface area contributed by atoms with Crippen molar-refractivity contribution in [2.75, 3.05) is 5.32 Å². The minimum Gasteiger partial charge on any atom is -0.338 e.